The van der Waals surface area contributed by atoms with Crippen LogP contribution in [-0.4, -0.2) is 68.6 Å². The Labute approximate surface area is 580 Å². The molecule has 0 amide bonds. The maximum atomic E-state index is 11.1. The number of phenols is 4. The third-order valence-corrected chi connectivity index (χ3v) is 17.5. The standard InChI is InChI=1S/C32H22N2O2.C30H33N3O5.C22H21N3O/c1-3-7-21(8-4-1)25-15-17-27-29(19-25)35-31(33-27)23-11-13-24(14-12-23)32-34-28-18-16-26(20-30(28)36-32)22-9-5-2-6-10-22;1-4-6-14-37-20-9-12-23(26(35)17-20)29-31-28(22-11-8-19(3)16-25(22)34)32-30(33-29)24-13-10-21(18-27(24)36)38-15-7-5-2;1-15-13-17(22(2,3)16-9-5-4-6-10-16)21(26)20(14-15)25-23-18-11-7-8-12-19(18)24-25/h1-20,31,33H;8-13,16-18,34-36H,4-7,14-15H2,1-3H3;4-14,26H,1-3H3. The van der Waals surface area contributed by atoms with E-state index >= 15 is 0 Å². The summed E-state index contributed by atoms with van der Waals surface area (Å²) in [6, 6.07) is 78.2. The highest BCUT2D eigenvalue weighted by molar-refractivity contribution is 5.83. The molecule has 1 atom stereocenters. The number of phenolic OH excluding ortho intramolecular Hbond substituents is 4. The first-order valence-corrected chi connectivity index (χ1v) is 33.6. The van der Waals surface area contributed by atoms with Crippen molar-refractivity contribution < 1.29 is 39.1 Å². The summed E-state index contributed by atoms with van der Waals surface area (Å²) in [7, 11) is 0. The fourth-order valence-electron chi connectivity index (χ4n) is 11.8. The Kier molecular flexibility index (Phi) is 19.6. The van der Waals surface area contributed by atoms with Crippen LogP contribution in [0.4, 0.5) is 5.69 Å². The molecule has 11 aromatic carbocycles. The predicted molar refractivity (Wildman–Crippen MR) is 394 cm³/mol. The molecule has 500 valence electrons. The van der Waals surface area contributed by atoms with Crippen molar-refractivity contribution in [3.63, 3.8) is 0 Å². The van der Waals surface area contributed by atoms with Crippen molar-refractivity contribution in [3.05, 3.63) is 270 Å². The number of hydrogen-bond donors (Lipinski definition) is 5. The lowest BCUT2D eigenvalue weighted by Crippen LogP contribution is -2.20. The molecular formula is C84H76N8O8. The van der Waals surface area contributed by atoms with E-state index in [9.17, 15) is 20.4 Å². The van der Waals surface area contributed by atoms with Crippen LogP contribution in [-0.2, 0) is 5.41 Å². The van der Waals surface area contributed by atoms with Gasteiger partial charge in [-0.05, 0) is 157 Å². The number of aromatic nitrogens is 7. The smallest absolute Gasteiger partial charge is 0.227 e. The van der Waals surface area contributed by atoms with Crippen LogP contribution in [0.25, 0.3) is 95.7 Å². The van der Waals surface area contributed by atoms with E-state index in [1.807, 2.05) is 135 Å². The molecule has 0 aliphatic carbocycles. The third kappa shape index (κ3) is 14.8. The number of ether oxygens (including phenoxy) is 3. The van der Waals surface area contributed by atoms with Gasteiger partial charge in [-0.3, -0.25) is 0 Å². The van der Waals surface area contributed by atoms with Crippen LogP contribution in [0.2, 0.25) is 0 Å². The number of anilines is 1. The second kappa shape index (κ2) is 29.6. The highest BCUT2D eigenvalue weighted by Crippen LogP contribution is 2.44. The predicted octanol–water partition coefficient (Wildman–Crippen LogP) is 19.7. The highest BCUT2D eigenvalue weighted by atomic mass is 16.5. The zero-order valence-corrected chi connectivity index (χ0v) is 56.5. The second-order valence-corrected chi connectivity index (χ2v) is 25.1. The van der Waals surface area contributed by atoms with Crippen LogP contribution in [0.3, 0.4) is 0 Å². The van der Waals surface area contributed by atoms with Crippen molar-refractivity contribution in [2.24, 2.45) is 0 Å². The number of aromatic hydroxyl groups is 4. The number of rotatable bonds is 18. The summed E-state index contributed by atoms with van der Waals surface area (Å²) >= 11 is 0. The average molecular weight is 1330 g/mol. The minimum atomic E-state index is -0.349. The molecule has 0 saturated carbocycles. The quantitative estimate of drug-likeness (QED) is 0.0505. The molecular weight excluding hydrogens is 1250 g/mol. The number of benzene rings is 11. The lowest BCUT2D eigenvalue weighted by molar-refractivity contribution is 0.260. The van der Waals surface area contributed by atoms with Gasteiger partial charge >= 0.3 is 0 Å². The first kappa shape index (κ1) is 66.3. The fourth-order valence-corrected chi connectivity index (χ4v) is 11.8. The lowest BCUT2D eigenvalue weighted by atomic mass is 9.77. The topological polar surface area (TPSA) is 216 Å². The Morgan fingerprint density at radius 3 is 1.53 bits per heavy atom. The summed E-state index contributed by atoms with van der Waals surface area (Å²) in [6.07, 6.45) is 3.59. The molecule has 100 heavy (non-hydrogen) atoms. The number of nitrogens with zero attached hydrogens (tertiary/aromatic N) is 7. The Morgan fingerprint density at radius 1 is 0.470 bits per heavy atom. The number of unbranched alkanes of at least 4 members (excludes halogenated alkanes) is 2. The van der Waals surface area contributed by atoms with E-state index in [2.05, 4.69) is 131 Å². The van der Waals surface area contributed by atoms with Gasteiger partial charge in [0.25, 0.3) is 0 Å². The SMILES string of the molecule is CCCCOc1ccc(-c2nc(-c3ccc(C)cc3O)nc(-c3ccc(OCCCC)cc3O)n2)c(O)c1.Cc1cc(-n2nc3ccccc3n2)c(O)c(C(C)(C)c2ccccc2)c1.c1ccc(-c2ccc3c(c2)OC(c2ccc(-c4nc5ccc(-c6ccccc6)cc5o4)cc2)N3)cc1. The largest absolute Gasteiger partial charge is 0.507 e. The van der Waals surface area contributed by atoms with Crippen molar-refractivity contribution in [3.8, 4) is 114 Å². The van der Waals surface area contributed by atoms with Crippen molar-refractivity contribution in [2.75, 3.05) is 18.5 Å². The molecule has 1 aliphatic rings. The molecule has 0 bridgehead atoms. The maximum absolute atomic E-state index is 11.1. The van der Waals surface area contributed by atoms with Crippen molar-refractivity contribution in [2.45, 2.75) is 78.9 Å². The third-order valence-electron chi connectivity index (χ3n) is 17.5. The molecule has 5 N–H and O–H groups in total. The number of hydrogen-bond acceptors (Lipinski definition) is 15. The molecule has 1 unspecified atom stereocenters. The first-order valence-electron chi connectivity index (χ1n) is 33.6. The zero-order chi connectivity index (χ0) is 69.3. The lowest BCUT2D eigenvalue weighted by Gasteiger charge is -2.28. The molecule has 16 nitrogen and oxygen atoms in total. The van der Waals surface area contributed by atoms with Crippen LogP contribution in [0.1, 0.15) is 87.4 Å². The molecule has 0 radical (unpaired) electrons. The molecule has 15 rings (SSSR count). The molecule has 16 heteroatoms. The zero-order valence-electron chi connectivity index (χ0n) is 56.5. The second-order valence-electron chi connectivity index (χ2n) is 25.1. The van der Waals surface area contributed by atoms with Gasteiger partial charge in [-0.15, -0.1) is 15.0 Å². The molecule has 0 saturated heterocycles. The molecule has 0 spiro atoms. The van der Waals surface area contributed by atoms with E-state index < -0.39 is 0 Å². The Morgan fingerprint density at radius 2 is 0.980 bits per heavy atom. The van der Waals surface area contributed by atoms with Gasteiger partial charge in [-0.1, -0.05) is 180 Å². The Bertz CT molecular complexity index is 5070. The van der Waals surface area contributed by atoms with Crippen molar-refractivity contribution in [1.29, 1.82) is 0 Å². The van der Waals surface area contributed by atoms with E-state index in [4.69, 9.17) is 23.6 Å². The fraction of sp³-hybridized carbons (Fsp3) is 0.167. The molecule has 4 heterocycles. The average Bonchev–Trinajstić information content (AvgIpc) is 1.42. The van der Waals surface area contributed by atoms with Gasteiger partial charge in [0.2, 0.25) is 5.89 Å². The van der Waals surface area contributed by atoms with Crippen molar-refractivity contribution >= 4 is 27.8 Å². The van der Waals surface area contributed by atoms with E-state index in [1.54, 1.807) is 36.4 Å². The van der Waals surface area contributed by atoms with Gasteiger partial charge in [-0.2, -0.15) is 0 Å². The molecule has 14 aromatic rings. The molecule has 3 aromatic heterocycles. The van der Waals surface area contributed by atoms with E-state index in [-0.39, 0.29) is 52.1 Å². The van der Waals surface area contributed by atoms with Gasteiger partial charge in [0.1, 0.15) is 62.5 Å². The monoisotopic (exact) mass is 1320 g/mol. The summed E-state index contributed by atoms with van der Waals surface area (Å²) in [5.74, 6) is 3.24. The van der Waals surface area contributed by atoms with Gasteiger partial charge in [0.15, 0.2) is 29.3 Å². The van der Waals surface area contributed by atoms with Gasteiger partial charge < -0.3 is 44.4 Å². The van der Waals surface area contributed by atoms with E-state index in [1.165, 1.54) is 22.5 Å². The van der Waals surface area contributed by atoms with E-state index in [0.29, 0.717) is 53.0 Å². The Balaban J connectivity index is 0.000000137. The van der Waals surface area contributed by atoms with Gasteiger partial charge in [0, 0.05) is 34.2 Å². The first-order chi connectivity index (χ1) is 48.7. The summed E-state index contributed by atoms with van der Waals surface area (Å²) in [6.45, 7) is 13.4. The number of aryl methyl sites for hydroxylation is 2. The van der Waals surface area contributed by atoms with Crippen molar-refractivity contribution in [1.82, 2.24) is 34.9 Å². The van der Waals surface area contributed by atoms with Crippen LogP contribution >= 0.6 is 0 Å². The number of oxazole rings is 1. The minimum Gasteiger partial charge on any atom is -0.507 e. The summed E-state index contributed by atoms with van der Waals surface area (Å²) in [5.41, 5.74) is 16.1. The number of nitrogens with one attached hydrogen (secondary N) is 1. The summed E-state index contributed by atoms with van der Waals surface area (Å²) in [5, 5.41) is 55.9. The van der Waals surface area contributed by atoms with E-state index in [0.717, 1.165) is 109 Å². The van der Waals surface area contributed by atoms with Crippen LogP contribution in [0.5, 0.6) is 40.2 Å². The van der Waals surface area contributed by atoms with Crippen LogP contribution in [0, 0.1) is 13.8 Å². The summed E-state index contributed by atoms with van der Waals surface area (Å²) < 4.78 is 23.8. The van der Waals surface area contributed by atoms with Gasteiger partial charge in [0.05, 0.1) is 35.6 Å². The number of fused-ring (bicyclic) bond motifs is 3. The van der Waals surface area contributed by atoms with Crippen LogP contribution in [0.15, 0.2) is 247 Å². The highest BCUT2D eigenvalue weighted by Gasteiger charge is 2.30. The Hall–Kier alpha value is -12.3. The molecule has 0 fully saturated rings. The van der Waals surface area contributed by atoms with Crippen LogP contribution < -0.4 is 19.5 Å². The van der Waals surface area contributed by atoms with Gasteiger partial charge in [-0.25, -0.2) is 19.9 Å². The molecule has 1 aliphatic heterocycles. The maximum Gasteiger partial charge on any atom is 0.227 e. The summed E-state index contributed by atoms with van der Waals surface area (Å²) in [4.78, 5) is 19.9. The normalized spacial score (nSPS) is 12.4. The minimum absolute atomic E-state index is 0.0147.